The first-order valence-electron chi connectivity index (χ1n) is 7.35. The number of phenolic OH excluding ortho intramolecular Hbond substituents is 2. The molecule has 4 heteroatoms. The first-order chi connectivity index (χ1) is 10.6. The fraction of sp³-hybridized carbons (Fsp3) is 0.278. The maximum absolute atomic E-state index is 12.7. The second-order valence-electron chi connectivity index (χ2n) is 5.11. The lowest BCUT2D eigenvalue weighted by atomic mass is 9.99. The quantitative estimate of drug-likeness (QED) is 0.602. The van der Waals surface area contributed by atoms with E-state index in [9.17, 15) is 15.0 Å². The molecule has 0 aliphatic rings. The van der Waals surface area contributed by atoms with Crippen molar-refractivity contribution in [2.45, 2.75) is 25.9 Å². The van der Waals surface area contributed by atoms with Gasteiger partial charge in [-0.25, -0.2) is 0 Å². The first-order valence-corrected chi connectivity index (χ1v) is 7.35. The third-order valence-electron chi connectivity index (χ3n) is 3.37. The summed E-state index contributed by atoms with van der Waals surface area (Å²) in [7, 11) is 0. The summed E-state index contributed by atoms with van der Waals surface area (Å²) in [4.78, 5) is 12.7. The van der Waals surface area contributed by atoms with Crippen LogP contribution in [0.5, 0.6) is 11.5 Å². The highest BCUT2D eigenvalue weighted by Crippen LogP contribution is 2.25. The molecule has 0 aromatic heterocycles. The monoisotopic (exact) mass is 300 g/mol. The molecule has 0 saturated heterocycles. The van der Waals surface area contributed by atoms with Gasteiger partial charge in [0.05, 0.1) is 0 Å². The maximum atomic E-state index is 12.7. The third-order valence-corrected chi connectivity index (χ3v) is 3.37. The fourth-order valence-corrected chi connectivity index (χ4v) is 2.09. The summed E-state index contributed by atoms with van der Waals surface area (Å²) in [5.74, 6) is 0.0968. The smallest absolute Gasteiger partial charge is 0.196 e. The Morgan fingerprint density at radius 2 is 1.55 bits per heavy atom. The summed E-state index contributed by atoms with van der Waals surface area (Å²) in [5.41, 5.74) is 1.18. The van der Waals surface area contributed by atoms with E-state index in [1.165, 1.54) is 24.3 Å². The molecule has 4 nitrogen and oxygen atoms in total. The van der Waals surface area contributed by atoms with Crippen LogP contribution in [-0.2, 0) is 4.74 Å². The number of carbonyl (C=O) groups is 1. The number of phenols is 2. The Morgan fingerprint density at radius 1 is 1.00 bits per heavy atom. The lowest BCUT2D eigenvalue weighted by Gasteiger charge is -2.17. The van der Waals surface area contributed by atoms with E-state index in [4.69, 9.17) is 4.74 Å². The average Bonchev–Trinajstić information content (AvgIpc) is 2.53. The van der Waals surface area contributed by atoms with Gasteiger partial charge in [-0.15, -0.1) is 0 Å². The lowest BCUT2D eigenvalue weighted by molar-refractivity contribution is 0.0395. The van der Waals surface area contributed by atoms with Gasteiger partial charge in [0.25, 0.3) is 0 Å². The van der Waals surface area contributed by atoms with Crippen LogP contribution in [0.2, 0.25) is 0 Å². The summed E-state index contributed by atoms with van der Waals surface area (Å²) in [5, 5.41) is 18.7. The van der Waals surface area contributed by atoms with Crippen molar-refractivity contribution in [3.63, 3.8) is 0 Å². The predicted molar refractivity (Wildman–Crippen MR) is 84.1 cm³/mol. The second kappa shape index (κ2) is 7.61. The van der Waals surface area contributed by atoms with Crippen LogP contribution in [0.3, 0.4) is 0 Å². The number of rotatable bonds is 7. The van der Waals surface area contributed by atoms with Crippen LogP contribution in [0.15, 0.2) is 48.5 Å². The van der Waals surface area contributed by atoms with Crippen molar-refractivity contribution in [1.82, 2.24) is 0 Å². The van der Waals surface area contributed by atoms with Gasteiger partial charge in [-0.2, -0.15) is 0 Å². The van der Waals surface area contributed by atoms with Crippen LogP contribution in [0.1, 0.15) is 41.8 Å². The summed E-state index contributed by atoms with van der Waals surface area (Å²) in [6, 6.07) is 12.6. The molecule has 0 bridgehead atoms. The van der Waals surface area contributed by atoms with Gasteiger partial charge >= 0.3 is 0 Å². The zero-order chi connectivity index (χ0) is 15.9. The van der Waals surface area contributed by atoms with E-state index in [0.29, 0.717) is 17.7 Å². The number of hydrogen-bond donors (Lipinski definition) is 2. The molecule has 0 aliphatic heterocycles. The van der Waals surface area contributed by atoms with Gasteiger partial charge in [0, 0.05) is 12.2 Å². The number of hydrogen-bond acceptors (Lipinski definition) is 4. The van der Waals surface area contributed by atoms with Gasteiger partial charge in [-0.1, -0.05) is 25.5 Å². The number of unbranched alkanes of at least 4 members (excludes halogenated alkanes) is 1. The molecule has 0 aliphatic carbocycles. The summed E-state index contributed by atoms with van der Waals surface area (Å²) in [6.07, 6.45) is 1.14. The Balaban J connectivity index is 2.24. The lowest BCUT2D eigenvalue weighted by Crippen LogP contribution is -2.17. The van der Waals surface area contributed by atoms with E-state index >= 15 is 0 Å². The van der Waals surface area contributed by atoms with Gasteiger partial charge in [0.2, 0.25) is 0 Å². The number of benzene rings is 2. The van der Waals surface area contributed by atoms with Gasteiger partial charge in [-0.05, 0) is 48.4 Å². The van der Waals surface area contributed by atoms with Crippen molar-refractivity contribution >= 4 is 5.78 Å². The molecule has 2 rings (SSSR count). The van der Waals surface area contributed by atoms with E-state index in [0.717, 1.165) is 12.8 Å². The van der Waals surface area contributed by atoms with Crippen LogP contribution in [0.25, 0.3) is 0 Å². The topological polar surface area (TPSA) is 66.8 Å². The number of aromatic hydroxyl groups is 2. The fourth-order valence-electron chi connectivity index (χ4n) is 2.09. The third kappa shape index (κ3) is 4.09. The summed E-state index contributed by atoms with van der Waals surface area (Å²) >= 11 is 0. The van der Waals surface area contributed by atoms with Crippen LogP contribution >= 0.6 is 0 Å². The van der Waals surface area contributed by atoms with Gasteiger partial charge in [0.1, 0.15) is 17.6 Å². The molecule has 2 aromatic carbocycles. The molecule has 2 N–H and O–H groups in total. The molecule has 0 heterocycles. The van der Waals surface area contributed by atoms with E-state index in [1.54, 1.807) is 24.3 Å². The van der Waals surface area contributed by atoms with Crippen molar-refractivity contribution in [1.29, 1.82) is 0 Å². The molecule has 0 spiro atoms. The maximum Gasteiger partial charge on any atom is 0.196 e. The van der Waals surface area contributed by atoms with Crippen molar-refractivity contribution < 1.29 is 19.7 Å². The zero-order valence-electron chi connectivity index (χ0n) is 12.5. The molecule has 0 saturated carbocycles. The Bertz CT molecular complexity index is 602. The summed E-state index contributed by atoms with van der Waals surface area (Å²) < 4.78 is 5.76. The van der Waals surface area contributed by atoms with Gasteiger partial charge in [0.15, 0.2) is 5.78 Å². The minimum atomic E-state index is -0.711. The van der Waals surface area contributed by atoms with Gasteiger partial charge in [-0.3, -0.25) is 4.79 Å². The minimum Gasteiger partial charge on any atom is -0.508 e. The van der Waals surface area contributed by atoms with Crippen molar-refractivity contribution in [3.8, 4) is 11.5 Å². The largest absolute Gasteiger partial charge is 0.508 e. The molecule has 0 fully saturated rings. The Morgan fingerprint density at radius 3 is 2.09 bits per heavy atom. The Hall–Kier alpha value is -2.33. The molecule has 1 unspecified atom stereocenters. The highest BCUT2D eigenvalue weighted by molar-refractivity contribution is 6.00. The molecule has 1 atom stereocenters. The van der Waals surface area contributed by atoms with Gasteiger partial charge < -0.3 is 14.9 Å². The van der Waals surface area contributed by atoms with E-state index in [1.807, 2.05) is 0 Å². The first kappa shape index (κ1) is 16.0. The molecule has 2 aromatic rings. The SMILES string of the molecule is CCCCOC(C(=O)c1ccc(O)cc1)c1ccc(O)cc1. The van der Waals surface area contributed by atoms with Crippen LogP contribution < -0.4 is 0 Å². The van der Waals surface area contributed by atoms with Crippen LogP contribution in [0.4, 0.5) is 0 Å². The standard InChI is InChI=1S/C18H20O4/c1-2-3-12-22-18(14-6-10-16(20)11-7-14)17(21)13-4-8-15(19)9-5-13/h4-11,18-20H,2-3,12H2,1H3. The average molecular weight is 300 g/mol. The van der Waals surface area contributed by atoms with E-state index in [-0.39, 0.29) is 17.3 Å². The Kier molecular flexibility index (Phi) is 5.55. The molecule has 0 radical (unpaired) electrons. The number of carbonyl (C=O) groups excluding carboxylic acids is 1. The van der Waals surface area contributed by atoms with E-state index in [2.05, 4.69) is 6.92 Å². The predicted octanol–water partition coefficient (Wildman–Crippen LogP) is 3.84. The van der Waals surface area contributed by atoms with Crippen LogP contribution in [0, 0.1) is 0 Å². The molecule has 22 heavy (non-hydrogen) atoms. The molecule has 116 valence electrons. The summed E-state index contributed by atoms with van der Waals surface area (Å²) in [6.45, 7) is 2.55. The molecular weight excluding hydrogens is 280 g/mol. The zero-order valence-corrected chi connectivity index (χ0v) is 12.5. The normalized spacial score (nSPS) is 12.0. The molecule has 0 amide bonds. The Labute approximate surface area is 130 Å². The van der Waals surface area contributed by atoms with Crippen molar-refractivity contribution in [2.75, 3.05) is 6.61 Å². The van der Waals surface area contributed by atoms with Crippen molar-refractivity contribution in [2.24, 2.45) is 0 Å². The highest BCUT2D eigenvalue weighted by Gasteiger charge is 2.22. The van der Waals surface area contributed by atoms with E-state index < -0.39 is 6.10 Å². The highest BCUT2D eigenvalue weighted by atomic mass is 16.5. The number of ketones is 1. The minimum absolute atomic E-state index is 0.115. The van der Waals surface area contributed by atoms with Crippen molar-refractivity contribution in [3.05, 3.63) is 59.7 Å². The molecular formula is C18H20O4. The number of ether oxygens (including phenoxy) is 1. The number of Topliss-reactive ketones (excluding diaryl/α,β-unsaturated/α-hetero) is 1. The second-order valence-corrected chi connectivity index (χ2v) is 5.11. The van der Waals surface area contributed by atoms with Crippen LogP contribution in [-0.4, -0.2) is 22.6 Å².